The highest BCUT2D eigenvalue weighted by Gasteiger charge is 2.13. The van der Waals surface area contributed by atoms with Crippen LogP contribution in [-0.4, -0.2) is 21.6 Å². The zero-order valence-electron chi connectivity index (χ0n) is 13.9. The van der Waals surface area contributed by atoms with Gasteiger partial charge in [-0.15, -0.1) is 0 Å². The summed E-state index contributed by atoms with van der Waals surface area (Å²) in [4.78, 5) is 13.0. The van der Waals surface area contributed by atoms with E-state index in [1.54, 1.807) is 12.3 Å². The van der Waals surface area contributed by atoms with Crippen molar-refractivity contribution in [3.8, 4) is 5.75 Å². The van der Waals surface area contributed by atoms with Crippen molar-refractivity contribution in [1.29, 1.82) is 0 Å². The van der Waals surface area contributed by atoms with Crippen LogP contribution < -0.4 is 10.1 Å². The molecule has 0 saturated heterocycles. The third-order valence-electron chi connectivity index (χ3n) is 3.69. The van der Waals surface area contributed by atoms with Crippen LogP contribution in [0, 0.1) is 12.7 Å². The number of pyridine rings is 1. The van der Waals surface area contributed by atoms with E-state index in [4.69, 9.17) is 4.74 Å². The van der Waals surface area contributed by atoms with Gasteiger partial charge in [-0.3, -0.25) is 0 Å². The van der Waals surface area contributed by atoms with E-state index < -0.39 is 0 Å². The molecule has 2 aromatic heterocycles. The van der Waals surface area contributed by atoms with Crippen LogP contribution >= 0.6 is 0 Å². The number of anilines is 1. The van der Waals surface area contributed by atoms with Crippen LogP contribution in [0.3, 0.4) is 0 Å². The molecule has 1 aromatic carbocycles. The number of aryl methyl sites for hydroxylation is 1. The van der Waals surface area contributed by atoms with Crippen molar-refractivity contribution in [2.45, 2.75) is 26.8 Å². The number of halogens is 1. The van der Waals surface area contributed by atoms with Gasteiger partial charge in [0.05, 0.1) is 18.0 Å². The quantitative estimate of drug-likeness (QED) is 0.766. The molecule has 1 N–H and O–H groups in total. The number of fused-ring (bicyclic) bond motifs is 1. The Morgan fingerprint density at radius 2 is 2.08 bits per heavy atom. The van der Waals surface area contributed by atoms with Crippen molar-refractivity contribution in [3.63, 3.8) is 0 Å². The first-order valence-corrected chi connectivity index (χ1v) is 7.86. The highest BCUT2D eigenvalue weighted by molar-refractivity contribution is 5.86. The van der Waals surface area contributed by atoms with E-state index in [0.29, 0.717) is 23.9 Å². The number of nitrogens with zero attached hydrogens (tertiary/aromatic N) is 3. The van der Waals surface area contributed by atoms with Crippen molar-refractivity contribution in [1.82, 2.24) is 15.0 Å². The Kier molecular flexibility index (Phi) is 4.55. The van der Waals surface area contributed by atoms with Crippen molar-refractivity contribution in [3.05, 3.63) is 53.7 Å². The fourth-order valence-corrected chi connectivity index (χ4v) is 2.53. The molecule has 3 aromatic rings. The number of rotatable bonds is 5. The first kappa shape index (κ1) is 16.1. The van der Waals surface area contributed by atoms with E-state index in [1.807, 2.05) is 39.0 Å². The Balaban J connectivity index is 1.90. The molecule has 1 atom stereocenters. The van der Waals surface area contributed by atoms with Gasteiger partial charge in [-0.05, 0) is 50.6 Å². The second kappa shape index (κ2) is 6.78. The molecular weight excluding hydrogens is 307 g/mol. The highest BCUT2D eigenvalue weighted by Crippen LogP contribution is 2.26. The average Bonchev–Trinajstić information content (AvgIpc) is 2.56. The number of hydrogen-bond acceptors (Lipinski definition) is 5. The lowest BCUT2D eigenvalue weighted by Crippen LogP contribution is -2.10. The van der Waals surface area contributed by atoms with Crippen molar-refractivity contribution in [2.75, 3.05) is 11.9 Å². The summed E-state index contributed by atoms with van der Waals surface area (Å²) in [5.41, 5.74) is 1.45. The summed E-state index contributed by atoms with van der Waals surface area (Å²) >= 11 is 0. The van der Waals surface area contributed by atoms with Crippen molar-refractivity contribution < 1.29 is 9.13 Å². The molecule has 0 radical (unpaired) electrons. The number of aromatic nitrogens is 3. The maximum Gasteiger partial charge on any atom is 0.165 e. The lowest BCUT2D eigenvalue weighted by molar-refractivity contribution is 0.321. The second-order valence-electron chi connectivity index (χ2n) is 5.48. The topological polar surface area (TPSA) is 59.9 Å². The molecule has 2 heterocycles. The Labute approximate surface area is 139 Å². The Hall–Kier alpha value is -2.76. The van der Waals surface area contributed by atoms with E-state index in [2.05, 4.69) is 20.3 Å². The third kappa shape index (κ3) is 3.27. The minimum absolute atomic E-state index is 0.132. The van der Waals surface area contributed by atoms with Crippen LogP contribution in [0.25, 0.3) is 11.0 Å². The van der Waals surface area contributed by atoms with Crippen LogP contribution in [0.5, 0.6) is 5.75 Å². The summed E-state index contributed by atoms with van der Waals surface area (Å²) in [7, 11) is 0. The molecule has 0 aliphatic heterocycles. The van der Waals surface area contributed by atoms with Gasteiger partial charge in [-0.1, -0.05) is 6.07 Å². The standard InChI is InChI=1S/C18H19FN4O/c1-4-24-16-8-7-13(10-15(16)19)11(2)21-18-14-6-5-9-20-17(14)22-12(3)23-18/h5-11H,4H2,1-3H3,(H,20,21,22,23)/t11-/m1/s1. The largest absolute Gasteiger partial charge is 0.491 e. The van der Waals surface area contributed by atoms with E-state index in [9.17, 15) is 4.39 Å². The Morgan fingerprint density at radius 3 is 2.83 bits per heavy atom. The smallest absolute Gasteiger partial charge is 0.165 e. The van der Waals surface area contributed by atoms with E-state index >= 15 is 0 Å². The summed E-state index contributed by atoms with van der Waals surface area (Å²) in [6, 6.07) is 8.60. The normalized spacial score (nSPS) is 12.2. The Bertz CT molecular complexity index is 869. The van der Waals surface area contributed by atoms with Gasteiger partial charge in [0.15, 0.2) is 17.2 Å². The fourth-order valence-electron chi connectivity index (χ4n) is 2.53. The Morgan fingerprint density at radius 1 is 1.25 bits per heavy atom. The number of benzene rings is 1. The van der Waals surface area contributed by atoms with Gasteiger partial charge >= 0.3 is 0 Å². The van der Waals surface area contributed by atoms with Gasteiger partial charge < -0.3 is 10.1 Å². The molecule has 24 heavy (non-hydrogen) atoms. The first-order valence-electron chi connectivity index (χ1n) is 7.86. The summed E-state index contributed by atoms with van der Waals surface area (Å²) < 4.78 is 19.3. The molecule has 5 nitrogen and oxygen atoms in total. The SMILES string of the molecule is CCOc1ccc([C@@H](C)Nc2nc(C)nc3ncccc23)cc1F. The van der Waals surface area contributed by atoms with Gasteiger partial charge in [0.2, 0.25) is 0 Å². The van der Waals surface area contributed by atoms with Gasteiger partial charge in [0, 0.05) is 6.20 Å². The number of hydrogen-bond donors (Lipinski definition) is 1. The maximum atomic E-state index is 14.1. The fraction of sp³-hybridized carbons (Fsp3) is 0.278. The van der Waals surface area contributed by atoms with Crippen LogP contribution in [0.15, 0.2) is 36.5 Å². The third-order valence-corrected chi connectivity index (χ3v) is 3.69. The lowest BCUT2D eigenvalue weighted by Gasteiger charge is -2.17. The summed E-state index contributed by atoms with van der Waals surface area (Å²) in [5.74, 6) is 1.22. The van der Waals surface area contributed by atoms with Gasteiger partial charge in [-0.25, -0.2) is 19.3 Å². The molecule has 0 fully saturated rings. The molecule has 6 heteroatoms. The molecular formula is C18H19FN4O. The summed E-state index contributed by atoms with van der Waals surface area (Å²) in [6.45, 7) is 6.03. The number of ether oxygens (including phenoxy) is 1. The van der Waals surface area contributed by atoms with Crippen molar-refractivity contribution in [2.24, 2.45) is 0 Å². The van der Waals surface area contributed by atoms with Gasteiger partial charge in [0.1, 0.15) is 11.6 Å². The number of nitrogens with one attached hydrogen (secondary N) is 1. The minimum Gasteiger partial charge on any atom is -0.491 e. The molecule has 3 rings (SSSR count). The monoisotopic (exact) mass is 326 g/mol. The molecule has 0 unspecified atom stereocenters. The van der Waals surface area contributed by atoms with Crippen LogP contribution in [-0.2, 0) is 0 Å². The van der Waals surface area contributed by atoms with Crippen LogP contribution in [0.1, 0.15) is 31.3 Å². The molecule has 124 valence electrons. The summed E-state index contributed by atoms with van der Waals surface area (Å²) in [6.07, 6.45) is 1.70. The zero-order chi connectivity index (χ0) is 17.1. The lowest BCUT2D eigenvalue weighted by atomic mass is 10.1. The molecule has 0 bridgehead atoms. The van der Waals surface area contributed by atoms with Crippen LogP contribution in [0.2, 0.25) is 0 Å². The molecule has 0 spiro atoms. The van der Waals surface area contributed by atoms with E-state index in [0.717, 1.165) is 10.9 Å². The average molecular weight is 326 g/mol. The van der Waals surface area contributed by atoms with Gasteiger partial charge in [0.25, 0.3) is 0 Å². The molecule has 0 saturated carbocycles. The second-order valence-corrected chi connectivity index (χ2v) is 5.48. The molecule has 0 aliphatic rings. The predicted molar refractivity (Wildman–Crippen MR) is 91.7 cm³/mol. The predicted octanol–water partition coefficient (Wildman–Crippen LogP) is 4.04. The summed E-state index contributed by atoms with van der Waals surface area (Å²) in [5, 5.41) is 4.16. The maximum absolute atomic E-state index is 14.1. The van der Waals surface area contributed by atoms with Gasteiger partial charge in [-0.2, -0.15) is 0 Å². The minimum atomic E-state index is -0.367. The van der Waals surface area contributed by atoms with E-state index in [-0.39, 0.29) is 17.6 Å². The van der Waals surface area contributed by atoms with E-state index in [1.165, 1.54) is 6.07 Å². The zero-order valence-corrected chi connectivity index (χ0v) is 13.9. The molecule has 0 amide bonds. The van der Waals surface area contributed by atoms with Crippen molar-refractivity contribution >= 4 is 16.9 Å². The molecule has 0 aliphatic carbocycles. The highest BCUT2D eigenvalue weighted by atomic mass is 19.1. The first-order chi connectivity index (χ1) is 11.6. The van der Waals surface area contributed by atoms with Crippen LogP contribution in [0.4, 0.5) is 10.2 Å².